The predicted octanol–water partition coefficient (Wildman–Crippen LogP) is 0.953. The molecule has 0 radical (unpaired) electrons. The Hall–Kier alpha value is -0.730. The molecule has 0 bridgehead atoms. The highest BCUT2D eigenvalue weighted by molar-refractivity contribution is 7.55. The molecule has 5 heteroatoms. The highest BCUT2D eigenvalue weighted by Gasteiger charge is 2.01. The van der Waals surface area contributed by atoms with Crippen molar-refractivity contribution in [1.29, 1.82) is 0 Å². The molecule has 2 N–H and O–H groups in total. The molecule has 4 nitrogen and oxygen atoms in total. The Kier molecular flexibility index (Phi) is 5.51. The molecule has 1 rings (SSSR count). The van der Waals surface area contributed by atoms with Gasteiger partial charge in [-0.3, -0.25) is 4.79 Å². The second kappa shape index (κ2) is 5.86. The average molecular weight is 190 g/mol. The molecular formula is C7H11O4P. The van der Waals surface area contributed by atoms with Crippen LogP contribution in [0.4, 0.5) is 0 Å². The number of allylic oxidation sites excluding steroid dienone is 1. The molecule has 68 valence electrons. The van der Waals surface area contributed by atoms with E-state index >= 15 is 0 Å². The number of carbonyl (C=O) groups excluding carboxylic acids is 1. The largest absolute Gasteiger partial charge is 0.476 e. The standard InChI is InChI=1S/C4H7OP.C3H4O3/c5-6-3-1-2-4-6;1-2(4)3(5)6/h1,3,5H,2,4H2;1H3,(H,5,6). The van der Waals surface area contributed by atoms with Crippen LogP contribution in [0.3, 0.4) is 0 Å². The van der Waals surface area contributed by atoms with Gasteiger partial charge in [0.05, 0.1) is 0 Å². The summed E-state index contributed by atoms with van der Waals surface area (Å²) in [5.41, 5.74) is 0. The average Bonchev–Trinajstić information content (AvgIpc) is 2.40. The van der Waals surface area contributed by atoms with Crippen molar-refractivity contribution in [2.24, 2.45) is 0 Å². The van der Waals surface area contributed by atoms with E-state index in [1.165, 1.54) is 0 Å². The van der Waals surface area contributed by atoms with Gasteiger partial charge in [-0.1, -0.05) is 6.08 Å². The van der Waals surface area contributed by atoms with E-state index in [0.717, 1.165) is 19.5 Å². The first-order valence-corrected chi connectivity index (χ1v) is 4.95. The summed E-state index contributed by atoms with van der Waals surface area (Å²) >= 11 is 0. The molecule has 0 amide bonds. The van der Waals surface area contributed by atoms with Crippen LogP contribution in [0.15, 0.2) is 11.9 Å². The van der Waals surface area contributed by atoms with E-state index in [9.17, 15) is 9.59 Å². The van der Waals surface area contributed by atoms with Crippen molar-refractivity contribution in [3.05, 3.63) is 11.9 Å². The maximum Gasteiger partial charge on any atom is 0.371 e. The molecular weight excluding hydrogens is 179 g/mol. The van der Waals surface area contributed by atoms with Gasteiger partial charge < -0.3 is 10.00 Å². The van der Waals surface area contributed by atoms with Crippen LogP contribution in [-0.4, -0.2) is 27.9 Å². The third kappa shape index (κ3) is 6.01. The summed E-state index contributed by atoms with van der Waals surface area (Å²) < 4.78 is 0. The molecule has 0 saturated heterocycles. The number of carboxylic acids is 1. The fourth-order valence-electron chi connectivity index (χ4n) is 0.478. The molecule has 1 heterocycles. The second-order valence-corrected chi connectivity index (χ2v) is 3.82. The fourth-order valence-corrected chi connectivity index (χ4v) is 1.43. The number of Topliss-reactive ketones (excluding diaryl/α,β-unsaturated/α-hetero) is 1. The van der Waals surface area contributed by atoms with Gasteiger partial charge in [-0.2, -0.15) is 0 Å². The first-order chi connectivity index (χ1) is 5.54. The van der Waals surface area contributed by atoms with Gasteiger partial charge >= 0.3 is 5.97 Å². The van der Waals surface area contributed by atoms with Crippen LogP contribution in [0, 0.1) is 0 Å². The van der Waals surface area contributed by atoms with Crippen molar-refractivity contribution in [2.45, 2.75) is 13.3 Å². The molecule has 1 aliphatic rings. The van der Waals surface area contributed by atoms with Crippen LogP contribution in [0.2, 0.25) is 0 Å². The van der Waals surface area contributed by atoms with E-state index < -0.39 is 19.9 Å². The van der Waals surface area contributed by atoms with Crippen molar-refractivity contribution in [3.8, 4) is 0 Å². The number of aliphatic carboxylic acids is 1. The number of carboxylic acid groups (broad SMARTS) is 1. The lowest BCUT2D eigenvalue weighted by Crippen LogP contribution is -2.05. The maximum atomic E-state index is 9.54. The molecule has 1 unspecified atom stereocenters. The van der Waals surface area contributed by atoms with E-state index in [-0.39, 0.29) is 0 Å². The van der Waals surface area contributed by atoms with Gasteiger partial charge in [0.1, 0.15) is 0 Å². The zero-order valence-electron chi connectivity index (χ0n) is 6.73. The lowest BCUT2D eigenvalue weighted by Gasteiger charge is -1.89. The lowest BCUT2D eigenvalue weighted by atomic mass is 10.5. The summed E-state index contributed by atoms with van der Waals surface area (Å²) in [7, 11) is -0.646. The first kappa shape index (κ1) is 11.3. The number of rotatable bonds is 1. The van der Waals surface area contributed by atoms with Crippen LogP contribution in [0.5, 0.6) is 0 Å². The zero-order valence-corrected chi connectivity index (χ0v) is 7.62. The second-order valence-electron chi connectivity index (χ2n) is 2.20. The van der Waals surface area contributed by atoms with Gasteiger partial charge in [-0.15, -0.1) is 0 Å². The lowest BCUT2D eigenvalue weighted by molar-refractivity contribution is -0.148. The predicted molar refractivity (Wildman–Crippen MR) is 46.1 cm³/mol. The minimum Gasteiger partial charge on any atom is -0.476 e. The van der Waals surface area contributed by atoms with Crippen molar-refractivity contribution in [2.75, 3.05) is 6.16 Å². The molecule has 1 aliphatic heterocycles. The van der Waals surface area contributed by atoms with E-state index in [1.54, 1.807) is 0 Å². The molecule has 0 fully saturated rings. The van der Waals surface area contributed by atoms with Gasteiger partial charge in [0.15, 0.2) is 0 Å². The number of carbonyl (C=O) groups is 2. The van der Waals surface area contributed by atoms with Crippen LogP contribution in [-0.2, 0) is 9.59 Å². The molecule has 0 saturated carbocycles. The number of hydrogen-bond acceptors (Lipinski definition) is 3. The summed E-state index contributed by atoms with van der Waals surface area (Å²) in [5.74, 6) is -0.306. The Labute approximate surface area is 71.7 Å². The summed E-state index contributed by atoms with van der Waals surface area (Å²) in [4.78, 5) is 27.6. The van der Waals surface area contributed by atoms with Crippen LogP contribution in [0.25, 0.3) is 0 Å². The Bertz CT molecular complexity index is 188. The van der Waals surface area contributed by atoms with E-state index in [4.69, 9.17) is 10.00 Å². The normalized spacial score (nSPS) is 19.7. The smallest absolute Gasteiger partial charge is 0.371 e. The maximum absolute atomic E-state index is 9.54. The van der Waals surface area contributed by atoms with Gasteiger partial charge in [-0.25, -0.2) is 4.79 Å². The molecule has 12 heavy (non-hydrogen) atoms. The molecule has 0 aromatic rings. The molecule has 0 spiro atoms. The number of hydrogen-bond donors (Lipinski definition) is 2. The van der Waals surface area contributed by atoms with Crippen molar-refractivity contribution in [1.82, 2.24) is 0 Å². The third-order valence-corrected chi connectivity index (χ3v) is 2.37. The van der Waals surface area contributed by atoms with E-state index in [0.29, 0.717) is 0 Å². The van der Waals surface area contributed by atoms with Gasteiger partial charge in [0, 0.05) is 15.1 Å². The summed E-state index contributed by atoms with van der Waals surface area (Å²) in [6.07, 6.45) is 4.11. The van der Waals surface area contributed by atoms with Crippen molar-refractivity contribution < 1.29 is 19.6 Å². The van der Waals surface area contributed by atoms with Crippen molar-refractivity contribution in [3.63, 3.8) is 0 Å². The highest BCUT2D eigenvalue weighted by atomic mass is 31.1. The summed E-state index contributed by atoms with van der Waals surface area (Å²) in [6.45, 7) is 1.00. The number of ketones is 1. The summed E-state index contributed by atoms with van der Waals surface area (Å²) in [6, 6.07) is 0. The minimum absolute atomic E-state index is 0.646. The van der Waals surface area contributed by atoms with Crippen LogP contribution >= 0.6 is 8.15 Å². The Morgan fingerprint density at radius 2 is 2.00 bits per heavy atom. The van der Waals surface area contributed by atoms with E-state index in [1.807, 2.05) is 11.9 Å². The Morgan fingerprint density at radius 3 is 2.08 bits per heavy atom. The van der Waals surface area contributed by atoms with Crippen LogP contribution < -0.4 is 0 Å². The van der Waals surface area contributed by atoms with E-state index in [2.05, 4.69) is 0 Å². The van der Waals surface area contributed by atoms with Crippen molar-refractivity contribution >= 4 is 19.9 Å². The third-order valence-electron chi connectivity index (χ3n) is 1.10. The highest BCUT2D eigenvalue weighted by Crippen LogP contribution is 2.36. The van der Waals surface area contributed by atoms with Gasteiger partial charge in [0.25, 0.3) is 0 Å². The minimum atomic E-state index is -1.38. The molecule has 0 aliphatic carbocycles. The zero-order chi connectivity index (χ0) is 9.56. The quantitative estimate of drug-likeness (QED) is 0.477. The summed E-state index contributed by atoms with van der Waals surface area (Å²) in [5, 5.41) is 7.64. The van der Waals surface area contributed by atoms with Gasteiger partial charge in [-0.05, 0) is 18.4 Å². The Morgan fingerprint density at radius 1 is 1.50 bits per heavy atom. The topological polar surface area (TPSA) is 74.6 Å². The molecule has 0 aromatic carbocycles. The Balaban J connectivity index is 0.000000202. The molecule has 1 atom stereocenters. The van der Waals surface area contributed by atoms with Gasteiger partial charge in [0.2, 0.25) is 5.78 Å². The first-order valence-electron chi connectivity index (χ1n) is 3.40. The van der Waals surface area contributed by atoms with Crippen LogP contribution in [0.1, 0.15) is 13.3 Å². The molecule has 0 aromatic heterocycles. The monoisotopic (exact) mass is 190 g/mol. The SMILES string of the molecule is CC(=O)C(=O)O.OP1C=CCC1. The fraction of sp³-hybridized carbons (Fsp3) is 0.429.